The summed E-state index contributed by atoms with van der Waals surface area (Å²) in [5.74, 6) is -0.835. The molecule has 9 heteroatoms. The molecule has 1 aromatic heterocycles. The monoisotopic (exact) mass is 403 g/mol. The van der Waals surface area contributed by atoms with Gasteiger partial charge >= 0.3 is 0 Å². The van der Waals surface area contributed by atoms with E-state index in [2.05, 4.69) is 10.5 Å². The van der Waals surface area contributed by atoms with Crippen molar-refractivity contribution in [1.82, 2.24) is 9.46 Å². The van der Waals surface area contributed by atoms with Gasteiger partial charge in [-0.2, -0.15) is 4.31 Å². The van der Waals surface area contributed by atoms with Gasteiger partial charge in [0.1, 0.15) is 16.5 Å². The minimum Gasteiger partial charge on any atom is -0.360 e. The van der Waals surface area contributed by atoms with Crippen molar-refractivity contribution in [2.45, 2.75) is 18.4 Å². The highest BCUT2D eigenvalue weighted by atomic mass is 32.2. The minimum atomic E-state index is -4.26. The van der Waals surface area contributed by atoms with Crippen LogP contribution in [0.3, 0.4) is 0 Å². The van der Waals surface area contributed by atoms with Crippen LogP contribution in [0, 0.1) is 12.7 Å². The molecule has 0 spiro atoms. The standard InChI is InChI=1S/C19H18FN3O4S/c1-14-11-18(22-27-14)21-19(24)13-23(12-15-7-3-2-4-8-15)28(25,26)17-10-6-5-9-16(17)20/h2-11H,12-13H2,1H3,(H,21,22,24). The van der Waals surface area contributed by atoms with Crippen molar-refractivity contribution in [1.29, 1.82) is 0 Å². The summed E-state index contributed by atoms with van der Waals surface area (Å²) in [5.41, 5.74) is 0.660. The lowest BCUT2D eigenvalue weighted by Crippen LogP contribution is -2.38. The molecule has 146 valence electrons. The molecule has 0 fully saturated rings. The summed E-state index contributed by atoms with van der Waals surface area (Å²) < 4.78 is 46.0. The Morgan fingerprint density at radius 1 is 1.14 bits per heavy atom. The number of rotatable bonds is 7. The summed E-state index contributed by atoms with van der Waals surface area (Å²) in [6.45, 7) is 1.05. The molecule has 7 nitrogen and oxygen atoms in total. The molecule has 1 N–H and O–H groups in total. The highest BCUT2D eigenvalue weighted by Crippen LogP contribution is 2.21. The summed E-state index contributed by atoms with van der Waals surface area (Å²) >= 11 is 0. The third-order valence-corrected chi connectivity index (χ3v) is 5.70. The van der Waals surface area contributed by atoms with Crippen LogP contribution in [0.15, 0.2) is 70.1 Å². The number of carbonyl (C=O) groups excluding carboxylic acids is 1. The number of benzene rings is 2. The van der Waals surface area contributed by atoms with Crippen molar-refractivity contribution >= 4 is 21.7 Å². The van der Waals surface area contributed by atoms with E-state index in [9.17, 15) is 17.6 Å². The molecule has 0 atom stereocenters. The maximum Gasteiger partial charge on any atom is 0.246 e. The van der Waals surface area contributed by atoms with Crippen LogP contribution in [0.25, 0.3) is 0 Å². The van der Waals surface area contributed by atoms with Gasteiger partial charge in [-0.15, -0.1) is 0 Å². The van der Waals surface area contributed by atoms with Crippen LogP contribution in [-0.4, -0.2) is 30.3 Å². The predicted octanol–water partition coefficient (Wildman–Crippen LogP) is 2.95. The number of aromatic nitrogens is 1. The van der Waals surface area contributed by atoms with Gasteiger partial charge in [-0.1, -0.05) is 47.6 Å². The number of nitrogens with zero attached hydrogens (tertiary/aromatic N) is 2. The van der Waals surface area contributed by atoms with E-state index in [1.54, 1.807) is 37.3 Å². The van der Waals surface area contributed by atoms with Crippen LogP contribution in [0.5, 0.6) is 0 Å². The van der Waals surface area contributed by atoms with Gasteiger partial charge in [0.15, 0.2) is 5.82 Å². The lowest BCUT2D eigenvalue weighted by Gasteiger charge is -2.22. The first-order valence-corrected chi connectivity index (χ1v) is 9.82. The Labute approximate surface area is 161 Å². The third-order valence-electron chi connectivity index (χ3n) is 3.87. The van der Waals surface area contributed by atoms with Gasteiger partial charge in [-0.3, -0.25) is 4.79 Å². The topological polar surface area (TPSA) is 92.5 Å². The van der Waals surface area contributed by atoms with Crippen molar-refractivity contribution < 1.29 is 22.1 Å². The highest BCUT2D eigenvalue weighted by molar-refractivity contribution is 7.89. The number of carbonyl (C=O) groups is 1. The van der Waals surface area contributed by atoms with E-state index in [1.165, 1.54) is 24.3 Å². The Morgan fingerprint density at radius 2 is 1.82 bits per heavy atom. The van der Waals surface area contributed by atoms with Crippen LogP contribution in [0.2, 0.25) is 0 Å². The van der Waals surface area contributed by atoms with Crippen LogP contribution >= 0.6 is 0 Å². The fraction of sp³-hybridized carbons (Fsp3) is 0.158. The largest absolute Gasteiger partial charge is 0.360 e. The molecule has 0 saturated heterocycles. The Bertz CT molecular complexity index is 1070. The summed E-state index contributed by atoms with van der Waals surface area (Å²) in [4.78, 5) is 11.9. The van der Waals surface area contributed by atoms with Crippen LogP contribution < -0.4 is 5.32 Å². The molecule has 0 bridgehead atoms. The first-order valence-electron chi connectivity index (χ1n) is 8.38. The lowest BCUT2D eigenvalue weighted by molar-refractivity contribution is -0.116. The van der Waals surface area contributed by atoms with E-state index in [1.807, 2.05) is 0 Å². The molecule has 0 aliphatic heterocycles. The van der Waals surface area contributed by atoms with E-state index in [0.29, 0.717) is 11.3 Å². The van der Waals surface area contributed by atoms with Crippen molar-refractivity contribution in [2.75, 3.05) is 11.9 Å². The number of nitrogens with one attached hydrogen (secondary N) is 1. The fourth-order valence-corrected chi connectivity index (χ4v) is 4.02. The van der Waals surface area contributed by atoms with Gasteiger partial charge in [0.2, 0.25) is 15.9 Å². The number of halogens is 1. The van der Waals surface area contributed by atoms with Crippen LogP contribution in [-0.2, 0) is 21.4 Å². The zero-order valence-corrected chi connectivity index (χ0v) is 15.8. The van der Waals surface area contributed by atoms with Gasteiger partial charge < -0.3 is 9.84 Å². The number of amides is 1. The second-order valence-electron chi connectivity index (χ2n) is 6.06. The average Bonchev–Trinajstić information content (AvgIpc) is 3.07. The third kappa shape index (κ3) is 4.62. The number of hydrogen-bond acceptors (Lipinski definition) is 5. The number of hydrogen-bond donors (Lipinski definition) is 1. The van der Waals surface area contributed by atoms with Crippen LogP contribution in [0.4, 0.5) is 10.2 Å². The van der Waals surface area contributed by atoms with Gasteiger partial charge in [0.05, 0.1) is 6.54 Å². The number of aryl methyl sites for hydroxylation is 1. The van der Waals surface area contributed by atoms with Gasteiger partial charge in [-0.25, -0.2) is 12.8 Å². The lowest BCUT2D eigenvalue weighted by atomic mass is 10.2. The molecular weight excluding hydrogens is 385 g/mol. The maximum atomic E-state index is 14.1. The SMILES string of the molecule is Cc1cc(NC(=O)CN(Cc2ccccc2)S(=O)(=O)c2ccccc2F)no1. The molecule has 28 heavy (non-hydrogen) atoms. The van der Waals surface area contributed by atoms with Crippen molar-refractivity contribution in [3.8, 4) is 0 Å². The van der Waals surface area contributed by atoms with E-state index in [4.69, 9.17) is 4.52 Å². The Hall–Kier alpha value is -3.04. The molecule has 0 aliphatic rings. The van der Waals surface area contributed by atoms with E-state index < -0.39 is 33.2 Å². The quantitative estimate of drug-likeness (QED) is 0.655. The maximum absolute atomic E-state index is 14.1. The Kier molecular flexibility index (Phi) is 5.86. The minimum absolute atomic E-state index is 0.0945. The molecule has 2 aromatic carbocycles. The Balaban J connectivity index is 1.88. The van der Waals surface area contributed by atoms with Crippen molar-refractivity contribution in [3.05, 3.63) is 77.8 Å². The van der Waals surface area contributed by atoms with Gasteiger partial charge in [0, 0.05) is 12.6 Å². The summed E-state index contributed by atoms with van der Waals surface area (Å²) in [7, 11) is -4.26. The molecule has 0 unspecified atom stereocenters. The smallest absolute Gasteiger partial charge is 0.246 e. The molecule has 0 aliphatic carbocycles. The molecule has 0 radical (unpaired) electrons. The normalized spacial score (nSPS) is 11.5. The second-order valence-corrected chi connectivity index (χ2v) is 7.97. The van der Waals surface area contributed by atoms with Crippen molar-refractivity contribution in [2.24, 2.45) is 0 Å². The van der Waals surface area contributed by atoms with Gasteiger partial charge in [0.25, 0.3) is 0 Å². The molecular formula is C19H18FN3O4S. The predicted molar refractivity (Wildman–Crippen MR) is 100 cm³/mol. The molecule has 1 heterocycles. The first kappa shape index (κ1) is 19.7. The zero-order chi connectivity index (χ0) is 20.1. The van der Waals surface area contributed by atoms with E-state index >= 15 is 0 Å². The Morgan fingerprint density at radius 3 is 2.46 bits per heavy atom. The fourth-order valence-electron chi connectivity index (χ4n) is 2.57. The zero-order valence-electron chi connectivity index (χ0n) is 15.0. The summed E-state index contributed by atoms with van der Waals surface area (Å²) in [6.07, 6.45) is 0. The second kappa shape index (κ2) is 8.32. The molecule has 1 amide bonds. The van der Waals surface area contributed by atoms with E-state index in [0.717, 1.165) is 10.4 Å². The molecule has 3 aromatic rings. The number of sulfonamides is 1. The molecule has 3 rings (SSSR count). The summed E-state index contributed by atoms with van der Waals surface area (Å²) in [6, 6.07) is 15.3. The first-order chi connectivity index (χ1) is 13.4. The van der Waals surface area contributed by atoms with Crippen molar-refractivity contribution in [3.63, 3.8) is 0 Å². The van der Waals surface area contributed by atoms with E-state index in [-0.39, 0.29) is 12.4 Å². The average molecular weight is 403 g/mol. The van der Waals surface area contributed by atoms with Gasteiger partial charge in [-0.05, 0) is 24.6 Å². The highest BCUT2D eigenvalue weighted by Gasteiger charge is 2.29. The summed E-state index contributed by atoms with van der Waals surface area (Å²) in [5, 5.41) is 6.12. The van der Waals surface area contributed by atoms with Crippen LogP contribution in [0.1, 0.15) is 11.3 Å². The number of anilines is 1. The molecule has 0 saturated carbocycles.